The van der Waals surface area contributed by atoms with Gasteiger partial charge in [0.2, 0.25) is 0 Å². The van der Waals surface area contributed by atoms with Crippen molar-refractivity contribution in [1.82, 2.24) is 9.80 Å². The van der Waals surface area contributed by atoms with E-state index in [9.17, 15) is 5.11 Å². The first-order chi connectivity index (χ1) is 9.95. The minimum atomic E-state index is -0.354. The summed E-state index contributed by atoms with van der Waals surface area (Å²) in [5.41, 5.74) is 3.51. The quantitative estimate of drug-likeness (QED) is 0.873. The van der Waals surface area contributed by atoms with E-state index in [1.807, 2.05) is 0 Å². The Hall–Kier alpha value is -0.900. The minimum Gasteiger partial charge on any atom is -0.388 e. The van der Waals surface area contributed by atoms with Crippen LogP contribution in [0.2, 0.25) is 0 Å². The van der Waals surface area contributed by atoms with E-state index in [1.54, 1.807) is 0 Å². The third-order valence-electron chi connectivity index (χ3n) is 4.61. The van der Waals surface area contributed by atoms with Gasteiger partial charge in [-0.1, -0.05) is 29.3 Å². The van der Waals surface area contributed by atoms with Gasteiger partial charge in [-0.2, -0.15) is 0 Å². The van der Waals surface area contributed by atoms with Gasteiger partial charge in [0.1, 0.15) is 0 Å². The van der Waals surface area contributed by atoms with Crippen LogP contribution < -0.4 is 0 Å². The van der Waals surface area contributed by atoms with Crippen molar-refractivity contribution in [3.63, 3.8) is 0 Å². The monoisotopic (exact) mass is 290 g/mol. The zero-order valence-electron chi connectivity index (χ0n) is 14.0. The molecular formula is C18H30N2O. The largest absolute Gasteiger partial charge is 0.388 e. The molecular weight excluding hydrogens is 260 g/mol. The lowest BCUT2D eigenvalue weighted by atomic mass is 10.0. The molecule has 0 saturated carbocycles. The lowest BCUT2D eigenvalue weighted by Crippen LogP contribution is -2.37. The Morgan fingerprint density at radius 2 is 1.95 bits per heavy atom. The molecule has 2 unspecified atom stereocenters. The highest BCUT2D eigenvalue weighted by molar-refractivity contribution is 5.29. The summed E-state index contributed by atoms with van der Waals surface area (Å²) in [4.78, 5) is 4.81. The highest BCUT2D eigenvalue weighted by atomic mass is 16.3. The second kappa shape index (κ2) is 7.39. The van der Waals surface area contributed by atoms with E-state index in [1.165, 1.54) is 30.5 Å². The van der Waals surface area contributed by atoms with Gasteiger partial charge in [0, 0.05) is 19.1 Å². The van der Waals surface area contributed by atoms with E-state index >= 15 is 0 Å². The van der Waals surface area contributed by atoms with Crippen molar-refractivity contribution in [3.8, 4) is 0 Å². The van der Waals surface area contributed by atoms with Crippen molar-refractivity contribution in [2.24, 2.45) is 0 Å². The molecule has 0 spiro atoms. The molecule has 3 heteroatoms. The van der Waals surface area contributed by atoms with Crippen molar-refractivity contribution in [2.75, 3.05) is 33.7 Å². The highest BCUT2D eigenvalue weighted by Crippen LogP contribution is 2.21. The Morgan fingerprint density at radius 1 is 1.29 bits per heavy atom. The van der Waals surface area contributed by atoms with Gasteiger partial charge < -0.3 is 14.9 Å². The van der Waals surface area contributed by atoms with Gasteiger partial charge >= 0.3 is 0 Å². The van der Waals surface area contributed by atoms with E-state index in [4.69, 9.17) is 0 Å². The van der Waals surface area contributed by atoms with E-state index in [0.29, 0.717) is 6.04 Å². The second-order valence-electron chi connectivity index (χ2n) is 6.76. The van der Waals surface area contributed by atoms with Crippen molar-refractivity contribution >= 4 is 0 Å². The van der Waals surface area contributed by atoms with Crippen LogP contribution in [0.5, 0.6) is 0 Å². The number of nitrogens with zero attached hydrogens (tertiary/aromatic N) is 2. The molecule has 1 N–H and O–H groups in total. The van der Waals surface area contributed by atoms with E-state index < -0.39 is 0 Å². The number of likely N-dealkylation sites (tertiary alicyclic amines) is 1. The molecule has 1 fully saturated rings. The summed E-state index contributed by atoms with van der Waals surface area (Å²) >= 11 is 0. The molecule has 21 heavy (non-hydrogen) atoms. The topological polar surface area (TPSA) is 26.7 Å². The summed E-state index contributed by atoms with van der Waals surface area (Å²) in [6.45, 7) is 7.45. The fourth-order valence-corrected chi connectivity index (χ4v) is 3.37. The molecule has 118 valence electrons. The number of rotatable bonds is 6. The first kappa shape index (κ1) is 16.5. The molecule has 3 nitrogen and oxygen atoms in total. The molecule has 1 aromatic carbocycles. The third kappa shape index (κ3) is 4.80. The molecule has 0 aromatic heterocycles. The van der Waals surface area contributed by atoms with Crippen LogP contribution in [0.25, 0.3) is 0 Å². The van der Waals surface area contributed by atoms with Crippen molar-refractivity contribution in [1.29, 1.82) is 0 Å². The average molecular weight is 290 g/mol. The van der Waals surface area contributed by atoms with Crippen LogP contribution in [0.3, 0.4) is 0 Å². The Kier molecular flexibility index (Phi) is 5.80. The van der Waals surface area contributed by atoms with Gasteiger partial charge in [0.05, 0.1) is 6.10 Å². The Bertz CT molecular complexity index is 440. The molecule has 0 bridgehead atoms. The van der Waals surface area contributed by atoms with Crippen molar-refractivity contribution in [3.05, 3.63) is 34.9 Å². The number of aliphatic hydroxyl groups is 1. The molecule has 1 heterocycles. The lowest BCUT2D eigenvalue weighted by molar-refractivity contribution is 0.140. The van der Waals surface area contributed by atoms with Gasteiger partial charge in [0.25, 0.3) is 0 Å². The smallest absolute Gasteiger partial charge is 0.0802 e. The van der Waals surface area contributed by atoms with E-state index in [2.05, 4.69) is 55.9 Å². The summed E-state index contributed by atoms with van der Waals surface area (Å²) in [7, 11) is 4.39. The number of aryl methyl sites for hydroxylation is 2. The summed E-state index contributed by atoms with van der Waals surface area (Å²) in [5, 5.41) is 10.4. The average Bonchev–Trinajstić information content (AvgIpc) is 2.80. The number of hydrogen-bond donors (Lipinski definition) is 1. The Labute approximate surface area is 129 Å². The first-order valence-corrected chi connectivity index (χ1v) is 8.10. The minimum absolute atomic E-state index is 0.354. The zero-order valence-corrected chi connectivity index (χ0v) is 14.0. The number of benzene rings is 1. The van der Waals surface area contributed by atoms with Gasteiger partial charge in [-0.25, -0.2) is 0 Å². The van der Waals surface area contributed by atoms with E-state index in [-0.39, 0.29) is 6.10 Å². The standard InChI is InChI=1S/C18H30N2O/c1-14-10-15(2)12-16(11-14)18(21)7-9-19(3)13-17-6-5-8-20(17)4/h10-12,17-18,21H,5-9,13H2,1-4H3. The number of likely N-dealkylation sites (N-methyl/N-ethyl adjacent to an activating group) is 2. The van der Waals surface area contributed by atoms with Gasteiger partial charge in [-0.15, -0.1) is 0 Å². The Balaban J connectivity index is 1.81. The SMILES string of the molecule is Cc1cc(C)cc(C(O)CCN(C)CC2CCCN2C)c1. The molecule has 0 amide bonds. The number of aliphatic hydroxyl groups excluding tert-OH is 1. The lowest BCUT2D eigenvalue weighted by Gasteiger charge is -2.26. The molecule has 0 aliphatic carbocycles. The van der Waals surface area contributed by atoms with Gasteiger partial charge in [-0.3, -0.25) is 0 Å². The van der Waals surface area contributed by atoms with Crippen LogP contribution >= 0.6 is 0 Å². The van der Waals surface area contributed by atoms with Crippen LogP contribution in [0.4, 0.5) is 0 Å². The van der Waals surface area contributed by atoms with Crippen LogP contribution in [-0.2, 0) is 0 Å². The highest BCUT2D eigenvalue weighted by Gasteiger charge is 2.22. The third-order valence-corrected chi connectivity index (χ3v) is 4.61. The first-order valence-electron chi connectivity index (χ1n) is 8.10. The molecule has 2 rings (SSSR count). The number of hydrogen-bond acceptors (Lipinski definition) is 3. The zero-order chi connectivity index (χ0) is 15.4. The van der Waals surface area contributed by atoms with Crippen LogP contribution in [0.15, 0.2) is 18.2 Å². The molecule has 0 radical (unpaired) electrons. The summed E-state index contributed by atoms with van der Waals surface area (Å²) in [6.07, 6.45) is 3.07. The van der Waals surface area contributed by atoms with Crippen LogP contribution in [-0.4, -0.2) is 54.7 Å². The Morgan fingerprint density at radius 3 is 2.52 bits per heavy atom. The molecule has 1 aliphatic rings. The predicted molar refractivity (Wildman–Crippen MR) is 88.6 cm³/mol. The predicted octanol–water partition coefficient (Wildman–Crippen LogP) is 2.75. The maximum Gasteiger partial charge on any atom is 0.0802 e. The summed E-state index contributed by atoms with van der Waals surface area (Å²) in [6, 6.07) is 7.04. The van der Waals surface area contributed by atoms with Crippen LogP contribution in [0, 0.1) is 13.8 Å². The van der Waals surface area contributed by atoms with Gasteiger partial charge in [0.15, 0.2) is 0 Å². The second-order valence-corrected chi connectivity index (χ2v) is 6.76. The molecule has 1 saturated heterocycles. The maximum absolute atomic E-state index is 10.4. The molecule has 1 aliphatic heterocycles. The molecule has 2 atom stereocenters. The van der Waals surface area contributed by atoms with Crippen LogP contribution in [0.1, 0.15) is 42.1 Å². The van der Waals surface area contributed by atoms with Gasteiger partial charge in [-0.05, 0) is 59.3 Å². The van der Waals surface area contributed by atoms with Crippen molar-refractivity contribution < 1.29 is 5.11 Å². The molecule has 1 aromatic rings. The summed E-state index contributed by atoms with van der Waals surface area (Å²) < 4.78 is 0. The van der Waals surface area contributed by atoms with Crippen molar-refractivity contribution in [2.45, 2.75) is 45.3 Å². The summed E-state index contributed by atoms with van der Waals surface area (Å²) in [5.74, 6) is 0. The van der Waals surface area contributed by atoms with E-state index in [0.717, 1.165) is 25.1 Å². The fourth-order valence-electron chi connectivity index (χ4n) is 3.37. The normalized spacial score (nSPS) is 21.1. The fraction of sp³-hybridized carbons (Fsp3) is 0.667. The maximum atomic E-state index is 10.4.